The van der Waals surface area contributed by atoms with Gasteiger partial charge in [-0.05, 0) is 37.0 Å². The van der Waals surface area contributed by atoms with Crippen LogP contribution in [0.15, 0.2) is 24.3 Å². The zero-order valence-corrected chi connectivity index (χ0v) is 14.6. The molecule has 25 heavy (non-hydrogen) atoms. The van der Waals surface area contributed by atoms with Crippen molar-refractivity contribution in [3.63, 3.8) is 0 Å². The number of hydrogen-bond donors (Lipinski definition) is 0. The summed E-state index contributed by atoms with van der Waals surface area (Å²) in [6.07, 6.45) is 4.83. The number of aryl methyl sites for hydroxylation is 1. The van der Waals surface area contributed by atoms with Crippen molar-refractivity contribution < 1.29 is 18.7 Å². The lowest BCUT2D eigenvalue weighted by atomic mass is 10.1. The Bertz CT molecular complexity index is 620. The lowest BCUT2D eigenvalue weighted by molar-refractivity contribution is -0.160. The highest BCUT2D eigenvalue weighted by atomic mass is 19.1. The van der Waals surface area contributed by atoms with Gasteiger partial charge in [0, 0.05) is 13.6 Å². The van der Waals surface area contributed by atoms with Crippen LogP contribution in [0.3, 0.4) is 0 Å². The van der Waals surface area contributed by atoms with Gasteiger partial charge in [-0.15, -0.1) is 0 Å². The summed E-state index contributed by atoms with van der Waals surface area (Å²) < 4.78 is 18.4. The van der Waals surface area contributed by atoms with E-state index in [1.807, 2.05) is 12.1 Å². The molecule has 2 amide bonds. The first-order valence-corrected chi connectivity index (χ1v) is 8.99. The Labute approximate surface area is 147 Å². The molecule has 1 unspecified atom stereocenters. The molecule has 0 aliphatic carbocycles. The first kappa shape index (κ1) is 17.9. The van der Waals surface area contributed by atoms with Gasteiger partial charge in [0.2, 0.25) is 5.91 Å². The Hall–Kier alpha value is -1.95. The summed E-state index contributed by atoms with van der Waals surface area (Å²) in [6, 6.07) is 6.66. The maximum atomic E-state index is 12.8. The number of likely N-dealkylation sites (N-methyl/N-ethyl adjacent to an activating group) is 1. The third-order valence-corrected chi connectivity index (χ3v) is 4.97. The summed E-state index contributed by atoms with van der Waals surface area (Å²) in [5.41, 5.74) is 1.16. The predicted molar refractivity (Wildman–Crippen MR) is 91.2 cm³/mol. The van der Waals surface area contributed by atoms with Crippen molar-refractivity contribution in [2.75, 3.05) is 20.1 Å². The minimum Gasteiger partial charge on any atom is -0.343 e. The van der Waals surface area contributed by atoms with Crippen molar-refractivity contribution in [2.24, 2.45) is 0 Å². The quantitative estimate of drug-likeness (QED) is 0.535. The average Bonchev–Trinajstić information content (AvgIpc) is 2.95. The van der Waals surface area contributed by atoms with Crippen molar-refractivity contribution in [3.8, 4) is 0 Å². The van der Waals surface area contributed by atoms with Gasteiger partial charge in [-0.1, -0.05) is 25.0 Å². The van der Waals surface area contributed by atoms with E-state index in [9.17, 15) is 14.0 Å². The number of fused-ring (bicyclic) bond motifs is 1. The molecular formula is C19H25FN2O3. The summed E-state index contributed by atoms with van der Waals surface area (Å²) in [5, 5.41) is 0. The Kier molecular flexibility index (Phi) is 5.68. The van der Waals surface area contributed by atoms with E-state index in [0.717, 1.165) is 37.7 Å². The number of amides is 2. The van der Waals surface area contributed by atoms with Crippen molar-refractivity contribution in [3.05, 3.63) is 35.6 Å². The van der Waals surface area contributed by atoms with Gasteiger partial charge in [0.15, 0.2) is 6.10 Å². The largest absolute Gasteiger partial charge is 0.343 e. The SMILES string of the molecule is CN(CCCCCCc1ccc(F)cc1)C(=O)[C@H]1CN2C(=O)CC2O1. The number of β-lactam (4-membered cyclic amide) rings is 1. The van der Waals surface area contributed by atoms with Gasteiger partial charge in [-0.2, -0.15) is 0 Å². The number of carbonyl (C=O) groups excluding carboxylic acids is 2. The first-order chi connectivity index (χ1) is 12.0. The van der Waals surface area contributed by atoms with Crippen LogP contribution in [0.2, 0.25) is 0 Å². The van der Waals surface area contributed by atoms with Gasteiger partial charge in [-0.25, -0.2) is 4.39 Å². The van der Waals surface area contributed by atoms with E-state index >= 15 is 0 Å². The highest BCUT2D eigenvalue weighted by Crippen LogP contribution is 2.29. The standard InChI is InChI=1S/C19H25FN2O3/c1-21(19(24)16-13-22-17(23)12-18(22)25-16)11-5-3-2-4-6-14-7-9-15(20)10-8-14/h7-10,16,18H,2-6,11-13H2,1H3/t16-,18?/m1/s1. The normalized spacial score (nSPS) is 21.8. The van der Waals surface area contributed by atoms with Crippen LogP contribution < -0.4 is 0 Å². The number of hydrogen-bond acceptors (Lipinski definition) is 3. The number of rotatable bonds is 8. The summed E-state index contributed by atoms with van der Waals surface area (Å²) in [4.78, 5) is 27.0. The monoisotopic (exact) mass is 348 g/mol. The molecule has 1 aromatic carbocycles. The van der Waals surface area contributed by atoms with E-state index in [1.54, 1.807) is 16.8 Å². The smallest absolute Gasteiger partial charge is 0.253 e. The summed E-state index contributed by atoms with van der Waals surface area (Å²) in [5.74, 6) is -0.158. The van der Waals surface area contributed by atoms with Gasteiger partial charge in [-0.3, -0.25) is 9.59 Å². The molecule has 3 rings (SSSR count). The Morgan fingerprint density at radius 2 is 1.96 bits per heavy atom. The molecule has 1 aromatic rings. The predicted octanol–water partition coefficient (Wildman–Crippen LogP) is 2.34. The number of nitrogens with zero attached hydrogens (tertiary/aromatic N) is 2. The molecular weight excluding hydrogens is 323 g/mol. The molecule has 0 saturated carbocycles. The summed E-state index contributed by atoms with van der Waals surface area (Å²) >= 11 is 0. The molecule has 0 radical (unpaired) electrons. The minimum absolute atomic E-state index is 0.0338. The molecule has 0 spiro atoms. The molecule has 2 aliphatic rings. The van der Waals surface area contributed by atoms with E-state index in [-0.39, 0.29) is 23.9 Å². The van der Waals surface area contributed by atoms with Crippen LogP contribution in [-0.2, 0) is 20.7 Å². The molecule has 136 valence electrons. The molecule has 2 atom stereocenters. The molecule has 2 saturated heterocycles. The maximum Gasteiger partial charge on any atom is 0.253 e. The van der Waals surface area contributed by atoms with E-state index in [2.05, 4.69) is 0 Å². The zero-order valence-electron chi connectivity index (χ0n) is 14.6. The summed E-state index contributed by atoms with van der Waals surface area (Å²) in [7, 11) is 1.79. The molecule has 6 heteroatoms. The van der Waals surface area contributed by atoms with Gasteiger partial charge < -0.3 is 14.5 Å². The number of unbranched alkanes of at least 4 members (excludes halogenated alkanes) is 3. The molecule has 2 heterocycles. The van der Waals surface area contributed by atoms with Crippen LogP contribution in [-0.4, -0.2) is 54.1 Å². The third-order valence-electron chi connectivity index (χ3n) is 4.97. The van der Waals surface area contributed by atoms with Crippen LogP contribution in [0.5, 0.6) is 0 Å². The van der Waals surface area contributed by atoms with E-state index < -0.39 is 6.10 Å². The second kappa shape index (κ2) is 7.95. The van der Waals surface area contributed by atoms with Crippen LogP contribution in [0.1, 0.15) is 37.7 Å². The first-order valence-electron chi connectivity index (χ1n) is 8.99. The summed E-state index contributed by atoms with van der Waals surface area (Å²) in [6.45, 7) is 1.10. The fraction of sp³-hybridized carbons (Fsp3) is 0.579. The topological polar surface area (TPSA) is 49.9 Å². The number of benzene rings is 1. The molecule has 0 N–H and O–H groups in total. The van der Waals surface area contributed by atoms with Gasteiger partial charge in [0.25, 0.3) is 5.91 Å². The van der Waals surface area contributed by atoms with E-state index in [0.29, 0.717) is 19.5 Å². The highest BCUT2D eigenvalue weighted by Gasteiger charge is 2.47. The molecule has 2 fully saturated rings. The van der Waals surface area contributed by atoms with E-state index in [1.165, 1.54) is 12.1 Å². The third kappa shape index (κ3) is 4.37. The highest BCUT2D eigenvalue weighted by molar-refractivity contribution is 5.87. The number of carbonyl (C=O) groups is 2. The van der Waals surface area contributed by atoms with Crippen molar-refractivity contribution >= 4 is 11.8 Å². The second-order valence-corrected chi connectivity index (χ2v) is 6.88. The Morgan fingerprint density at radius 3 is 2.64 bits per heavy atom. The van der Waals surface area contributed by atoms with Crippen molar-refractivity contribution in [1.82, 2.24) is 9.80 Å². The number of halogens is 1. The van der Waals surface area contributed by atoms with Crippen LogP contribution >= 0.6 is 0 Å². The average molecular weight is 348 g/mol. The molecule has 5 nitrogen and oxygen atoms in total. The minimum atomic E-state index is -0.500. The van der Waals surface area contributed by atoms with Crippen LogP contribution in [0.4, 0.5) is 4.39 Å². The molecule has 0 aromatic heterocycles. The Morgan fingerprint density at radius 1 is 1.24 bits per heavy atom. The van der Waals surface area contributed by atoms with Gasteiger partial charge in [0.05, 0.1) is 13.0 Å². The van der Waals surface area contributed by atoms with Crippen LogP contribution in [0, 0.1) is 5.82 Å². The lowest BCUT2D eigenvalue weighted by Crippen LogP contribution is -2.48. The van der Waals surface area contributed by atoms with E-state index in [4.69, 9.17) is 4.74 Å². The zero-order chi connectivity index (χ0) is 17.8. The van der Waals surface area contributed by atoms with Crippen LogP contribution in [0.25, 0.3) is 0 Å². The Balaban J connectivity index is 1.27. The molecule has 0 bridgehead atoms. The van der Waals surface area contributed by atoms with Gasteiger partial charge in [0.1, 0.15) is 12.0 Å². The number of ether oxygens (including phenoxy) is 1. The van der Waals surface area contributed by atoms with Crippen molar-refractivity contribution in [2.45, 2.75) is 50.9 Å². The lowest BCUT2D eigenvalue weighted by Gasteiger charge is -2.31. The maximum absolute atomic E-state index is 12.8. The fourth-order valence-corrected chi connectivity index (χ4v) is 3.35. The fourth-order valence-electron chi connectivity index (χ4n) is 3.35. The molecule has 2 aliphatic heterocycles. The second-order valence-electron chi connectivity index (χ2n) is 6.88. The van der Waals surface area contributed by atoms with Gasteiger partial charge >= 0.3 is 0 Å². The van der Waals surface area contributed by atoms with Crippen molar-refractivity contribution in [1.29, 1.82) is 0 Å².